The summed E-state index contributed by atoms with van der Waals surface area (Å²) in [5.74, 6) is 0.910. The summed E-state index contributed by atoms with van der Waals surface area (Å²) in [6.45, 7) is 6.82. The van der Waals surface area contributed by atoms with E-state index < -0.39 is 0 Å². The maximum absolute atomic E-state index is 5.42. The number of methoxy groups -OCH3 is 1. The van der Waals surface area contributed by atoms with Gasteiger partial charge in [-0.25, -0.2) is 0 Å². The van der Waals surface area contributed by atoms with Crippen molar-refractivity contribution in [3.05, 3.63) is 28.2 Å². The van der Waals surface area contributed by atoms with E-state index in [0.717, 1.165) is 49.2 Å². The molecule has 0 aromatic heterocycles. The van der Waals surface area contributed by atoms with E-state index in [4.69, 9.17) is 9.47 Å². The van der Waals surface area contributed by atoms with Crippen LogP contribution in [0.25, 0.3) is 0 Å². The maximum Gasteiger partial charge on any atom is 0.119 e. The quantitative estimate of drug-likeness (QED) is 0.655. The summed E-state index contributed by atoms with van der Waals surface area (Å²) in [6, 6.07) is 6.61. The standard InChI is InChI=1S/C16H26BrNO2/c1-4-18-14(7-6-10-20-5-2)11-13-12-15(19-3)8-9-16(13)17/h8-9,12,14,18H,4-7,10-11H2,1-3H3. The SMILES string of the molecule is CCNC(CCCOCC)Cc1cc(OC)ccc1Br. The van der Waals surface area contributed by atoms with Crippen molar-refractivity contribution in [3.63, 3.8) is 0 Å². The second kappa shape index (κ2) is 10.2. The van der Waals surface area contributed by atoms with Crippen LogP contribution in [0.4, 0.5) is 0 Å². The highest BCUT2D eigenvalue weighted by Crippen LogP contribution is 2.24. The molecule has 0 aliphatic carbocycles. The molecule has 1 N–H and O–H groups in total. The lowest BCUT2D eigenvalue weighted by atomic mass is 10.0. The number of halogens is 1. The molecule has 0 bridgehead atoms. The summed E-state index contributed by atoms with van der Waals surface area (Å²) in [5, 5.41) is 3.56. The highest BCUT2D eigenvalue weighted by molar-refractivity contribution is 9.10. The predicted octanol–water partition coefficient (Wildman–Crippen LogP) is 3.80. The van der Waals surface area contributed by atoms with Gasteiger partial charge in [-0.1, -0.05) is 22.9 Å². The molecule has 0 saturated carbocycles. The Morgan fingerprint density at radius 3 is 2.75 bits per heavy atom. The normalized spacial score (nSPS) is 12.4. The molecular weight excluding hydrogens is 318 g/mol. The molecule has 1 aromatic rings. The molecule has 114 valence electrons. The van der Waals surface area contributed by atoms with Gasteiger partial charge in [0.2, 0.25) is 0 Å². The average Bonchev–Trinajstić information content (AvgIpc) is 2.46. The van der Waals surface area contributed by atoms with Crippen LogP contribution in [-0.2, 0) is 11.2 Å². The zero-order chi connectivity index (χ0) is 14.8. The zero-order valence-electron chi connectivity index (χ0n) is 12.7. The minimum atomic E-state index is 0.476. The largest absolute Gasteiger partial charge is 0.497 e. The predicted molar refractivity (Wildman–Crippen MR) is 87.6 cm³/mol. The molecule has 0 aliphatic heterocycles. The van der Waals surface area contributed by atoms with Crippen molar-refractivity contribution in [2.45, 2.75) is 39.2 Å². The summed E-state index contributed by atoms with van der Waals surface area (Å²) >= 11 is 3.62. The van der Waals surface area contributed by atoms with Crippen LogP contribution in [-0.4, -0.2) is 32.9 Å². The molecule has 4 heteroatoms. The summed E-state index contributed by atoms with van der Waals surface area (Å²) in [5.41, 5.74) is 1.28. The average molecular weight is 344 g/mol. The van der Waals surface area contributed by atoms with E-state index in [1.165, 1.54) is 5.56 Å². The van der Waals surface area contributed by atoms with E-state index in [-0.39, 0.29) is 0 Å². The van der Waals surface area contributed by atoms with Crippen LogP contribution >= 0.6 is 15.9 Å². The van der Waals surface area contributed by atoms with Gasteiger partial charge in [0.15, 0.2) is 0 Å². The first-order valence-corrected chi connectivity index (χ1v) is 8.14. The van der Waals surface area contributed by atoms with Crippen molar-refractivity contribution in [3.8, 4) is 5.75 Å². The highest BCUT2D eigenvalue weighted by Gasteiger charge is 2.11. The van der Waals surface area contributed by atoms with Gasteiger partial charge in [0.05, 0.1) is 7.11 Å². The van der Waals surface area contributed by atoms with Gasteiger partial charge in [-0.15, -0.1) is 0 Å². The van der Waals surface area contributed by atoms with E-state index in [1.54, 1.807) is 7.11 Å². The van der Waals surface area contributed by atoms with E-state index >= 15 is 0 Å². The van der Waals surface area contributed by atoms with Gasteiger partial charge in [-0.2, -0.15) is 0 Å². The summed E-state index contributed by atoms with van der Waals surface area (Å²) in [6.07, 6.45) is 3.21. The number of ether oxygens (including phenoxy) is 2. The number of rotatable bonds is 10. The van der Waals surface area contributed by atoms with E-state index in [9.17, 15) is 0 Å². The maximum atomic E-state index is 5.42. The van der Waals surface area contributed by atoms with E-state index in [1.807, 2.05) is 13.0 Å². The molecule has 1 unspecified atom stereocenters. The van der Waals surface area contributed by atoms with Crippen LogP contribution in [0.2, 0.25) is 0 Å². The minimum Gasteiger partial charge on any atom is -0.497 e. The second-order valence-corrected chi connectivity index (χ2v) is 5.61. The van der Waals surface area contributed by atoms with Gasteiger partial charge < -0.3 is 14.8 Å². The van der Waals surface area contributed by atoms with Gasteiger partial charge in [0.25, 0.3) is 0 Å². The minimum absolute atomic E-state index is 0.476. The Hall–Kier alpha value is -0.580. The van der Waals surface area contributed by atoms with Crippen molar-refractivity contribution < 1.29 is 9.47 Å². The monoisotopic (exact) mass is 343 g/mol. The first-order valence-electron chi connectivity index (χ1n) is 7.34. The topological polar surface area (TPSA) is 30.5 Å². The molecule has 0 spiro atoms. The smallest absolute Gasteiger partial charge is 0.119 e. The molecular formula is C16H26BrNO2. The van der Waals surface area contributed by atoms with Crippen molar-refractivity contribution in [2.75, 3.05) is 26.9 Å². The molecule has 0 saturated heterocycles. The number of nitrogens with one attached hydrogen (secondary N) is 1. The number of hydrogen-bond donors (Lipinski definition) is 1. The molecule has 0 heterocycles. The fourth-order valence-electron chi connectivity index (χ4n) is 2.24. The molecule has 20 heavy (non-hydrogen) atoms. The number of hydrogen-bond acceptors (Lipinski definition) is 3. The third-order valence-electron chi connectivity index (χ3n) is 3.26. The van der Waals surface area contributed by atoms with Crippen LogP contribution in [0.15, 0.2) is 22.7 Å². The van der Waals surface area contributed by atoms with Gasteiger partial charge in [-0.3, -0.25) is 0 Å². The molecule has 1 aromatic carbocycles. The second-order valence-electron chi connectivity index (χ2n) is 4.76. The Balaban J connectivity index is 2.59. The molecule has 3 nitrogen and oxygen atoms in total. The molecule has 0 radical (unpaired) electrons. The lowest BCUT2D eigenvalue weighted by molar-refractivity contribution is 0.141. The third kappa shape index (κ3) is 6.25. The van der Waals surface area contributed by atoms with Gasteiger partial charge in [0.1, 0.15) is 5.75 Å². The van der Waals surface area contributed by atoms with E-state index in [0.29, 0.717) is 6.04 Å². The molecule has 1 atom stereocenters. The van der Waals surface area contributed by atoms with Gasteiger partial charge >= 0.3 is 0 Å². The highest BCUT2D eigenvalue weighted by atomic mass is 79.9. The van der Waals surface area contributed by atoms with Crippen molar-refractivity contribution in [1.82, 2.24) is 5.32 Å². The lowest BCUT2D eigenvalue weighted by Gasteiger charge is -2.19. The molecule has 1 rings (SSSR count). The Kier molecular flexibility index (Phi) is 8.90. The van der Waals surface area contributed by atoms with Crippen LogP contribution < -0.4 is 10.1 Å². The Morgan fingerprint density at radius 1 is 1.30 bits per heavy atom. The van der Waals surface area contributed by atoms with E-state index in [2.05, 4.69) is 40.3 Å². The first-order chi connectivity index (χ1) is 9.71. The first kappa shape index (κ1) is 17.5. The van der Waals surface area contributed by atoms with Gasteiger partial charge in [-0.05, 0) is 56.5 Å². The van der Waals surface area contributed by atoms with Crippen molar-refractivity contribution in [1.29, 1.82) is 0 Å². The summed E-state index contributed by atoms with van der Waals surface area (Å²) in [7, 11) is 1.71. The Labute approximate surface area is 131 Å². The van der Waals surface area contributed by atoms with Crippen molar-refractivity contribution >= 4 is 15.9 Å². The summed E-state index contributed by atoms with van der Waals surface area (Å²) < 4.78 is 11.9. The lowest BCUT2D eigenvalue weighted by Crippen LogP contribution is -2.31. The number of benzene rings is 1. The van der Waals surface area contributed by atoms with Crippen LogP contribution in [0, 0.1) is 0 Å². The van der Waals surface area contributed by atoms with Crippen LogP contribution in [0.5, 0.6) is 5.75 Å². The van der Waals surface area contributed by atoms with Crippen LogP contribution in [0.1, 0.15) is 32.3 Å². The molecule has 0 amide bonds. The van der Waals surface area contributed by atoms with Crippen molar-refractivity contribution in [2.24, 2.45) is 0 Å². The fraction of sp³-hybridized carbons (Fsp3) is 0.625. The number of likely N-dealkylation sites (N-methyl/N-ethyl adjacent to an activating group) is 1. The third-order valence-corrected chi connectivity index (χ3v) is 4.03. The van der Waals surface area contributed by atoms with Gasteiger partial charge in [0, 0.05) is 23.7 Å². The Bertz CT molecular complexity index is 385. The fourth-order valence-corrected chi connectivity index (χ4v) is 2.65. The molecule has 0 aliphatic rings. The summed E-state index contributed by atoms with van der Waals surface area (Å²) in [4.78, 5) is 0. The Morgan fingerprint density at radius 2 is 2.10 bits per heavy atom. The van der Waals surface area contributed by atoms with Crippen LogP contribution in [0.3, 0.4) is 0 Å². The molecule has 0 fully saturated rings. The zero-order valence-corrected chi connectivity index (χ0v) is 14.3.